The lowest BCUT2D eigenvalue weighted by molar-refractivity contribution is 0.0108. The number of para-hydroxylation sites is 1. The Morgan fingerprint density at radius 3 is 2.88 bits per heavy atom. The van der Waals surface area contributed by atoms with Gasteiger partial charge in [0, 0.05) is 24.7 Å². The number of amides is 1. The Hall–Kier alpha value is -2.02. The van der Waals surface area contributed by atoms with Crippen LogP contribution in [0.2, 0.25) is 0 Å². The molecular formula is C18H21N3O3. The van der Waals surface area contributed by atoms with Gasteiger partial charge in [-0.1, -0.05) is 18.2 Å². The van der Waals surface area contributed by atoms with Crippen LogP contribution in [-0.2, 0) is 9.47 Å². The van der Waals surface area contributed by atoms with Crippen LogP contribution < -0.4 is 5.32 Å². The number of rotatable bonds is 3. The summed E-state index contributed by atoms with van der Waals surface area (Å²) in [6.45, 7) is 4.46. The molecule has 0 radical (unpaired) electrons. The van der Waals surface area contributed by atoms with Crippen LogP contribution in [0.4, 0.5) is 0 Å². The summed E-state index contributed by atoms with van der Waals surface area (Å²) >= 11 is 0. The first-order valence-corrected chi connectivity index (χ1v) is 8.36. The Morgan fingerprint density at radius 1 is 1.17 bits per heavy atom. The predicted octanol–water partition coefficient (Wildman–Crippen LogP) is 1.06. The van der Waals surface area contributed by atoms with Gasteiger partial charge in [0.25, 0.3) is 5.91 Å². The van der Waals surface area contributed by atoms with E-state index in [1.54, 1.807) is 6.20 Å². The highest BCUT2D eigenvalue weighted by molar-refractivity contribution is 5.97. The topological polar surface area (TPSA) is 63.7 Å². The molecule has 0 spiro atoms. The van der Waals surface area contributed by atoms with Gasteiger partial charge in [-0.05, 0) is 12.1 Å². The summed E-state index contributed by atoms with van der Waals surface area (Å²) in [7, 11) is 0. The summed E-state index contributed by atoms with van der Waals surface area (Å²) in [4.78, 5) is 19.3. The molecule has 24 heavy (non-hydrogen) atoms. The van der Waals surface area contributed by atoms with E-state index in [1.165, 1.54) is 0 Å². The summed E-state index contributed by atoms with van der Waals surface area (Å²) in [5.41, 5.74) is 1.48. The molecule has 6 nitrogen and oxygen atoms in total. The van der Waals surface area contributed by atoms with Crippen molar-refractivity contribution in [3.8, 4) is 0 Å². The highest BCUT2D eigenvalue weighted by atomic mass is 16.5. The maximum absolute atomic E-state index is 12.6. The van der Waals surface area contributed by atoms with Crippen molar-refractivity contribution in [2.75, 3.05) is 39.5 Å². The second-order valence-electron chi connectivity index (χ2n) is 6.25. The third kappa shape index (κ3) is 3.13. The fraction of sp³-hybridized carbons (Fsp3) is 0.444. The van der Waals surface area contributed by atoms with Gasteiger partial charge in [0.1, 0.15) is 0 Å². The third-order valence-corrected chi connectivity index (χ3v) is 4.73. The second kappa shape index (κ2) is 6.84. The molecule has 2 atom stereocenters. The van der Waals surface area contributed by atoms with Gasteiger partial charge < -0.3 is 14.8 Å². The van der Waals surface area contributed by atoms with Gasteiger partial charge in [0.2, 0.25) is 0 Å². The number of pyridine rings is 1. The van der Waals surface area contributed by atoms with Gasteiger partial charge >= 0.3 is 0 Å². The molecule has 126 valence electrons. The highest BCUT2D eigenvalue weighted by Crippen LogP contribution is 2.17. The van der Waals surface area contributed by atoms with Crippen LogP contribution >= 0.6 is 0 Å². The number of hydrogen-bond donors (Lipinski definition) is 1. The van der Waals surface area contributed by atoms with Crippen LogP contribution in [0.15, 0.2) is 36.5 Å². The summed E-state index contributed by atoms with van der Waals surface area (Å²) in [5.74, 6) is -0.0954. The summed E-state index contributed by atoms with van der Waals surface area (Å²) in [6.07, 6.45) is 1.64. The average Bonchev–Trinajstić information content (AvgIpc) is 3.10. The SMILES string of the molecule is O=C(N[C@@H]1COC[C@H]1N1CCOCC1)c1cnc2ccccc2c1. The molecule has 1 aromatic heterocycles. The largest absolute Gasteiger partial charge is 0.379 e. The molecule has 2 aliphatic heterocycles. The van der Waals surface area contributed by atoms with Crippen LogP contribution in [0.3, 0.4) is 0 Å². The van der Waals surface area contributed by atoms with E-state index < -0.39 is 0 Å². The maximum atomic E-state index is 12.6. The number of nitrogens with one attached hydrogen (secondary N) is 1. The number of ether oxygens (including phenoxy) is 2. The molecule has 0 bridgehead atoms. The zero-order valence-corrected chi connectivity index (χ0v) is 13.5. The van der Waals surface area contributed by atoms with Crippen molar-refractivity contribution in [3.63, 3.8) is 0 Å². The molecule has 3 heterocycles. The highest BCUT2D eigenvalue weighted by Gasteiger charge is 2.35. The van der Waals surface area contributed by atoms with Crippen molar-refractivity contribution in [2.45, 2.75) is 12.1 Å². The summed E-state index contributed by atoms with van der Waals surface area (Å²) in [6, 6.07) is 9.90. The average molecular weight is 327 g/mol. The standard InChI is InChI=1S/C18H21N3O3/c22-18(14-9-13-3-1-2-4-15(13)19-10-14)20-16-11-24-12-17(16)21-5-7-23-8-6-21/h1-4,9-10,16-17H,5-8,11-12H2,(H,20,22)/t16-,17-/m1/s1. The molecule has 1 amide bonds. The number of carbonyl (C=O) groups excluding carboxylic acids is 1. The van der Waals surface area contributed by atoms with Crippen LogP contribution in [0.1, 0.15) is 10.4 Å². The zero-order valence-electron chi connectivity index (χ0n) is 13.5. The number of aromatic nitrogens is 1. The van der Waals surface area contributed by atoms with Gasteiger partial charge in [0.15, 0.2) is 0 Å². The fourth-order valence-electron chi connectivity index (χ4n) is 3.40. The predicted molar refractivity (Wildman–Crippen MR) is 90.0 cm³/mol. The van der Waals surface area contributed by atoms with E-state index in [-0.39, 0.29) is 18.0 Å². The summed E-state index contributed by atoms with van der Waals surface area (Å²) < 4.78 is 11.0. The molecule has 0 aliphatic carbocycles. The van der Waals surface area contributed by atoms with Crippen molar-refractivity contribution in [2.24, 2.45) is 0 Å². The number of hydrogen-bond acceptors (Lipinski definition) is 5. The minimum atomic E-state index is -0.0954. The number of benzene rings is 1. The monoisotopic (exact) mass is 327 g/mol. The van der Waals surface area contributed by atoms with Crippen molar-refractivity contribution in [3.05, 3.63) is 42.1 Å². The number of morpholine rings is 1. The molecule has 4 rings (SSSR count). The van der Waals surface area contributed by atoms with E-state index >= 15 is 0 Å². The third-order valence-electron chi connectivity index (χ3n) is 4.73. The smallest absolute Gasteiger partial charge is 0.253 e. The van der Waals surface area contributed by atoms with Gasteiger partial charge in [-0.3, -0.25) is 14.7 Å². The Morgan fingerprint density at radius 2 is 2.00 bits per heavy atom. The zero-order chi connectivity index (χ0) is 16.4. The molecule has 0 saturated carbocycles. The van der Waals surface area contributed by atoms with Crippen molar-refractivity contribution >= 4 is 16.8 Å². The first-order valence-electron chi connectivity index (χ1n) is 8.36. The maximum Gasteiger partial charge on any atom is 0.253 e. The van der Waals surface area contributed by atoms with Crippen LogP contribution in [0.25, 0.3) is 10.9 Å². The summed E-state index contributed by atoms with van der Waals surface area (Å²) in [5, 5.41) is 4.09. The van der Waals surface area contributed by atoms with E-state index in [0.717, 1.165) is 37.2 Å². The molecule has 1 N–H and O–H groups in total. The van der Waals surface area contributed by atoms with Crippen molar-refractivity contribution in [1.29, 1.82) is 0 Å². The van der Waals surface area contributed by atoms with Gasteiger partial charge in [-0.15, -0.1) is 0 Å². The van der Waals surface area contributed by atoms with Gasteiger partial charge in [0.05, 0.1) is 49.6 Å². The second-order valence-corrected chi connectivity index (χ2v) is 6.25. The van der Waals surface area contributed by atoms with E-state index in [2.05, 4.69) is 15.2 Å². The van der Waals surface area contributed by atoms with E-state index in [0.29, 0.717) is 18.8 Å². The molecular weight excluding hydrogens is 306 g/mol. The number of carbonyl (C=O) groups is 1. The Bertz CT molecular complexity index is 730. The number of fused-ring (bicyclic) bond motifs is 1. The first-order chi connectivity index (χ1) is 11.8. The Kier molecular flexibility index (Phi) is 4.42. The normalized spacial score (nSPS) is 25.0. The lowest BCUT2D eigenvalue weighted by Gasteiger charge is -2.34. The van der Waals surface area contributed by atoms with E-state index in [4.69, 9.17) is 9.47 Å². The minimum Gasteiger partial charge on any atom is -0.379 e. The lowest BCUT2D eigenvalue weighted by atomic mass is 10.1. The van der Waals surface area contributed by atoms with Crippen LogP contribution in [0.5, 0.6) is 0 Å². The van der Waals surface area contributed by atoms with Crippen molar-refractivity contribution < 1.29 is 14.3 Å². The molecule has 2 saturated heterocycles. The van der Waals surface area contributed by atoms with Crippen LogP contribution in [0, 0.1) is 0 Å². The molecule has 2 aliphatic rings. The van der Waals surface area contributed by atoms with E-state index in [1.807, 2.05) is 30.3 Å². The fourth-order valence-corrected chi connectivity index (χ4v) is 3.40. The quantitative estimate of drug-likeness (QED) is 0.913. The van der Waals surface area contributed by atoms with Gasteiger partial charge in [-0.25, -0.2) is 0 Å². The molecule has 1 aromatic carbocycles. The molecule has 0 unspecified atom stereocenters. The minimum absolute atomic E-state index is 0.00192. The molecule has 6 heteroatoms. The molecule has 2 aromatic rings. The van der Waals surface area contributed by atoms with Crippen LogP contribution in [-0.4, -0.2) is 67.4 Å². The van der Waals surface area contributed by atoms with E-state index in [9.17, 15) is 4.79 Å². The van der Waals surface area contributed by atoms with Crippen molar-refractivity contribution in [1.82, 2.24) is 15.2 Å². The number of nitrogens with zero attached hydrogens (tertiary/aromatic N) is 2. The Labute approximate surface area is 140 Å². The Balaban J connectivity index is 1.47. The molecule has 2 fully saturated rings. The lowest BCUT2D eigenvalue weighted by Crippen LogP contribution is -2.54. The van der Waals surface area contributed by atoms with Gasteiger partial charge in [-0.2, -0.15) is 0 Å². The first kappa shape index (κ1) is 15.5.